The first-order valence-corrected chi connectivity index (χ1v) is 21.5. The molecule has 296 valence electrons. The first kappa shape index (κ1) is 36.5. The highest BCUT2D eigenvalue weighted by atomic mass is 16.3. The average molecular weight is 805 g/mol. The minimum absolute atomic E-state index is 0.903. The van der Waals surface area contributed by atoms with Gasteiger partial charge in [-0.25, -0.2) is 0 Å². The first-order valence-electron chi connectivity index (χ1n) is 21.5. The van der Waals surface area contributed by atoms with Crippen LogP contribution in [0.2, 0.25) is 0 Å². The number of para-hydroxylation sites is 6. The van der Waals surface area contributed by atoms with Gasteiger partial charge < -0.3 is 13.9 Å². The molecule has 12 rings (SSSR count). The Bertz CT molecular complexity index is 3550. The zero-order valence-electron chi connectivity index (χ0n) is 34.4. The Labute approximate surface area is 366 Å². The number of hydrogen-bond acceptors (Lipinski definition) is 2. The summed E-state index contributed by atoms with van der Waals surface area (Å²) in [6, 6.07) is 87.0. The van der Waals surface area contributed by atoms with Crippen LogP contribution in [-0.4, -0.2) is 4.57 Å². The first-order chi connectivity index (χ1) is 31.3. The van der Waals surface area contributed by atoms with Gasteiger partial charge in [0.25, 0.3) is 0 Å². The molecular formula is C60H40N2O. The van der Waals surface area contributed by atoms with Crippen molar-refractivity contribution in [3.8, 4) is 50.2 Å². The fraction of sp³-hybridized carbons (Fsp3) is 0. The SMILES string of the molecule is c1ccc(-c2ccccc2N(c2ccc(-c3ccc(-c4ccccc4-n4c5ccccc5c5ccccc54)cc3)cc2)c2ccc(-c3cccc4c3oc3ccccc34)cc2)cc1. The number of benzene rings is 10. The summed E-state index contributed by atoms with van der Waals surface area (Å²) < 4.78 is 8.84. The second kappa shape index (κ2) is 15.3. The van der Waals surface area contributed by atoms with Crippen molar-refractivity contribution < 1.29 is 4.42 Å². The predicted molar refractivity (Wildman–Crippen MR) is 264 cm³/mol. The molecule has 2 aromatic heterocycles. The number of aromatic nitrogens is 1. The summed E-state index contributed by atoms with van der Waals surface area (Å²) >= 11 is 0. The monoisotopic (exact) mass is 804 g/mol. The third kappa shape index (κ3) is 6.29. The highest BCUT2D eigenvalue weighted by Gasteiger charge is 2.19. The van der Waals surface area contributed by atoms with E-state index in [2.05, 4.69) is 240 Å². The van der Waals surface area contributed by atoms with E-state index in [1.54, 1.807) is 0 Å². The maximum Gasteiger partial charge on any atom is 0.143 e. The van der Waals surface area contributed by atoms with E-state index in [0.29, 0.717) is 0 Å². The van der Waals surface area contributed by atoms with Gasteiger partial charge in [0.15, 0.2) is 0 Å². The number of nitrogens with zero attached hydrogens (tertiary/aromatic N) is 2. The fourth-order valence-corrected chi connectivity index (χ4v) is 9.46. The van der Waals surface area contributed by atoms with Crippen LogP contribution in [0.4, 0.5) is 17.1 Å². The van der Waals surface area contributed by atoms with Crippen LogP contribution >= 0.6 is 0 Å². The van der Waals surface area contributed by atoms with E-state index in [4.69, 9.17) is 4.42 Å². The molecule has 0 amide bonds. The van der Waals surface area contributed by atoms with Crippen LogP contribution < -0.4 is 4.90 Å². The Kier molecular flexibility index (Phi) is 8.83. The van der Waals surface area contributed by atoms with Crippen molar-refractivity contribution in [3.63, 3.8) is 0 Å². The molecule has 3 nitrogen and oxygen atoms in total. The van der Waals surface area contributed by atoms with Crippen LogP contribution in [0.15, 0.2) is 247 Å². The average Bonchev–Trinajstić information content (AvgIpc) is 3.91. The molecule has 0 fully saturated rings. The van der Waals surface area contributed by atoms with E-state index < -0.39 is 0 Å². The summed E-state index contributed by atoms with van der Waals surface area (Å²) in [5.41, 5.74) is 17.9. The lowest BCUT2D eigenvalue weighted by Crippen LogP contribution is -2.11. The highest BCUT2D eigenvalue weighted by Crippen LogP contribution is 2.43. The number of fused-ring (bicyclic) bond motifs is 6. The smallest absolute Gasteiger partial charge is 0.143 e. The van der Waals surface area contributed by atoms with Crippen molar-refractivity contribution in [2.75, 3.05) is 4.90 Å². The van der Waals surface area contributed by atoms with Gasteiger partial charge in [-0.1, -0.05) is 188 Å². The fourth-order valence-electron chi connectivity index (χ4n) is 9.46. The van der Waals surface area contributed by atoms with Crippen molar-refractivity contribution in [2.24, 2.45) is 0 Å². The van der Waals surface area contributed by atoms with Crippen molar-refractivity contribution in [3.05, 3.63) is 243 Å². The Morgan fingerprint density at radius 3 is 1.46 bits per heavy atom. The maximum atomic E-state index is 6.43. The van der Waals surface area contributed by atoms with Crippen molar-refractivity contribution in [2.45, 2.75) is 0 Å². The molecule has 0 unspecified atom stereocenters. The molecule has 63 heavy (non-hydrogen) atoms. The molecule has 12 aromatic rings. The van der Waals surface area contributed by atoms with Crippen molar-refractivity contribution in [1.82, 2.24) is 4.57 Å². The summed E-state index contributed by atoms with van der Waals surface area (Å²) in [6.45, 7) is 0. The molecule has 2 heterocycles. The third-order valence-corrected chi connectivity index (χ3v) is 12.5. The van der Waals surface area contributed by atoms with E-state index in [9.17, 15) is 0 Å². The Hall–Kier alpha value is -8.40. The summed E-state index contributed by atoms with van der Waals surface area (Å²) in [4.78, 5) is 2.37. The van der Waals surface area contributed by atoms with Gasteiger partial charge in [-0.2, -0.15) is 0 Å². The molecule has 0 aliphatic carbocycles. The van der Waals surface area contributed by atoms with Crippen molar-refractivity contribution in [1.29, 1.82) is 0 Å². The standard InChI is InChI=1S/C60H40N2O/c1-2-15-43(16-3-1)48-17-4-9-24-55(48)61(47-39-35-45(36-40-47)50-22-14-23-54-53-21-8-13-28-59(53)63-60(50)54)46-37-33-42(34-38-46)41-29-31-44(32-30-41)49-18-5-10-25-56(49)62-57-26-11-6-19-51(57)52-20-7-12-27-58(52)62/h1-40H. The molecular weight excluding hydrogens is 765 g/mol. The maximum absolute atomic E-state index is 6.43. The van der Waals surface area contributed by atoms with Gasteiger partial charge >= 0.3 is 0 Å². The van der Waals surface area contributed by atoms with E-state index in [0.717, 1.165) is 61.3 Å². The number of anilines is 3. The normalized spacial score (nSPS) is 11.5. The van der Waals surface area contributed by atoms with Crippen LogP contribution in [0.25, 0.3) is 93.9 Å². The largest absolute Gasteiger partial charge is 0.455 e. The molecule has 0 atom stereocenters. The summed E-state index contributed by atoms with van der Waals surface area (Å²) in [6.07, 6.45) is 0. The van der Waals surface area contributed by atoms with Gasteiger partial charge in [0, 0.05) is 49.6 Å². The summed E-state index contributed by atoms with van der Waals surface area (Å²) in [5, 5.41) is 4.79. The Morgan fingerprint density at radius 1 is 0.302 bits per heavy atom. The molecule has 0 aliphatic rings. The Morgan fingerprint density at radius 2 is 0.762 bits per heavy atom. The molecule has 3 heteroatoms. The predicted octanol–water partition coefficient (Wildman–Crippen LogP) is 16.8. The molecule has 0 aliphatic heterocycles. The van der Waals surface area contributed by atoms with Gasteiger partial charge in [0.1, 0.15) is 11.2 Å². The lowest BCUT2D eigenvalue weighted by Gasteiger charge is -2.28. The third-order valence-electron chi connectivity index (χ3n) is 12.5. The lowest BCUT2D eigenvalue weighted by atomic mass is 9.98. The number of hydrogen-bond donors (Lipinski definition) is 0. The van der Waals surface area contributed by atoms with Gasteiger partial charge in [0.2, 0.25) is 0 Å². The number of rotatable bonds is 8. The van der Waals surface area contributed by atoms with Crippen LogP contribution in [0, 0.1) is 0 Å². The van der Waals surface area contributed by atoms with Gasteiger partial charge in [-0.15, -0.1) is 0 Å². The molecule has 0 saturated heterocycles. The molecule has 0 N–H and O–H groups in total. The quantitative estimate of drug-likeness (QED) is 0.153. The van der Waals surface area contributed by atoms with E-state index in [-0.39, 0.29) is 0 Å². The van der Waals surface area contributed by atoms with Gasteiger partial charge in [-0.3, -0.25) is 0 Å². The molecule has 0 bridgehead atoms. The van der Waals surface area contributed by atoms with Crippen molar-refractivity contribution >= 4 is 60.8 Å². The zero-order valence-corrected chi connectivity index (χ0v) is 34.4. The summed E-state index contributed by atoms with van der Waals surface area (Å²) in [7, 11) is 0. The molecule has 0 saturated carbocycles. The number of furan rings is 1. The Balaban J connectivity index is 0.907. The second-order valence-corrected chi connectivity index (χ2v) is 16.1. The molecule has 0 radical (unpaired) electrons. The minimum atomic E-state index is 0.903. The molecule has 10 aromatic carbocycles. The van der Waals surface area contributed by atoms with Crippen LogP contribution in [0.3, 0.4) is 0 Å². The van der Waals surface area contributed by atoms with Gasteiger partial charge in [-0.05, 0) is 82.4 Å². The van der Waals surface area contributed by atoms with E-state index in [1.165, 1.54) is 49.7 Å². The minimum Gasteiger partial charge on any atom is -0.455 e. The molecule has 0 spiro atoms. The summed E-state index contributed by atoms with van der Waals surface area (Å²) in [5.74, 6) is 0. The topological polar surface area (TPSA) is 21.3 Å². The second-order valence-electron chi connectivity index (χ2n) is 16.1. The van der Waals surface area contributed by atoms with Gasteiger partial charge in [0.05, 0.1) is 22.4 Å². The van der Waals surface area contributed by atoms with Crippen LogP contribution in [0.1, 0.15) is 0 Å². The zero-order chi connectivity index (χ0) is 41.7. The van der Waals surface area contributed by atoms with E-state index in [1.807, 2.05) is 12.1 Å². The highest BCUT2D eigenvalue weighted by molar-refractivity contribution is 6.11. The van der Waals surface area contributed by atoms with E-state index >= 15 is 0 Å². The lowest BCUT2D eigenvalue weighted by molar-refractivity contribution is 0.670. The van der Waals surface area contributed by atoms with Crippen LogP contribution in [0.5, 0.6) is 0 Å². The van der Waals surface area contributed by atoms with Crippen LogP contribution in [-0.2, 0) is 0 Å².